The van der Waals surface area contributed by atoms with Gasteiger partial charge < -0.3 is 5.21 Å². The third-order valence-electron chi connectivity index (χ3n) is 1.96. The maximum Gasteiger partial charge on any atom is 0.386 e. The molecule has 2 rings (SSSR count). The Bertz CT molecular complexity index is 657. The molecule has 0 saturated carbocycles. The number of hydrogen-bond acceptors (Lipinski definition) is 5. The van der Waals surface area contributed by atoms with E-state index in [1.807, 2.05) is 6.07 Å². The summed E-state index contributed by atoms with van der Waals surface area (Å²) in [7, 11) is 0. The molecule has 0 amide bonds. The molecule has 1 aromatic carbocycles. The molecule has 7 nitrogen and oxygen atoms in total. The van der Waals surface area contributed by atoms with Crippen LogP contribution in [0.3, 0.4) is 0 Å². The van der Waals surface area contributed by atoms with E-state index < -0.39 is 11.2 Å². The highest BCUT2D eigenvalue weighted by molar-refractivity contribution is 5.34. The van der Waals surface area contributed by atoms with E-state index in [1.165, 1.54) is 0 Å². The molecule has 1 aromatic heterocycles. The van der Waals surface area contributed by atoms with Crippen LogP contribution in [-0.2, 0) is 0 Å². The Kier molecular flexibility index (Phi) is 2.82. The molecule has 0 atom stereocenters. The fourth-order valence-electron chi connectivity index (χ4n) is 1.12. The maximum absolute atomic E-state index is 11.3. The molecule has 0 aliphatic heterocycles. The van der Waals surface area contributed by atoms with Gasteiger partial charge in [0, 0.05) is 12.3 Å². The van der Waals surface area contributed by atoms with Crippen LogP contribution in [-0.4, -0.2) is 14.6 Å². The van der Waals surface area contributed by atoms with Gasteiger partial charge in [-0.25, -0.2) is 4.79 Å². The lowest BCUT2D eigenvalue weighted by Gasteiger charge is -1.97. The first kappa shape index (κ1) is 10.8. The molecule has 2 aromatic rings. The predicted octanol–water partition coefficient (Wildman–Crippen LogP) is 0.794. The van der Waals surface area contributed by atoms with Crippen molar-refractivity contribution < 1.29 is 5.21 Å². The van der Waals surface area contributed by atoms with Crippen LogP contribution < -0.4 is 11.2 Å². The van der Waals surface area contributed by atoms with E-state index in [1.54, 1.807) is 24.3 Å². The molecule has 7 heteroatoms. The van der Waals surface area contributed by atoms with Crippen LogP contribution in [0.1, 0.15) is 0 Å². The fraction of sp³-hybridized carbons (Fsp3) is 0. The molecule has 1 N–H and O–H groups in total. The lowest BCUT2D eigenvalue weighted by molar-refractivity contribution is 0.155. The highest BCUT2D eigenvalue weighted by atomic mass is 16.5. The van der Waals surface area contributed by atoms with Gasteiger partial charge in [0.1, 0.15) is 0 Å². The van der Waals surface area contributed by atoms with Crippen molar-refractivity contribution in [3.8, 4) is 0 Å². The van der Waals surface area contributed by atoms with Gasteiger partial charge in [-0.05, 0) is 12.1 Å². The number of rotatable bonds is 2. The summed E-state index contributed by atoms with van der Waals surface area (Å²) >= 11 is 0. The average Bonchev–Trinajstić information content (AvgIpc) is 2.36. The minimum Gasteiger partial charge on any atom is -0.421 e. The van der Waals surface area contributed by atoms with Crippen LogP contribution >= 0.6 is 0 Å². The second-order valence-corrected chi connectivity index (χ2v) is 3.12. The average molecular weight is 232 g/mol. The summed E-state index contributed by atoms with van der Waals surface area (Å²) in [4.78, 5) is 22.2. The lowest BCUT2D eigenvalue weighted by Crippen LogP contribution is -2.35. The molecule has 0 spiro atoms. The Balaban J connectivity index is 2.38. The number of aromatic nitrogens is 2. The van der Waals surface area contributed by atoms with Gasteiger partial charge in [-0.15, -0.1) is 5.11 Å². The summed E-state index contributed by atoms with van der Waals surface area (Å²) in [5.74, 6) is 0. The van der Waals surface area contributed by atoms with E-state index in [0.717, 1.165) is 16.9 Å². The molecule has 0 fully saturated rings. The summed E-state index contributed by atoms with van der Waals surface area (Å²) in [6.07, 6.45) is 1.13. The van der Waals surface area contributed by atoms with Crippen LogP contribution in [0.5, 0.6) is 0 Å². The Morgan fingerprint density at radius 3 is 2.47 bits per heavy atom. The van der Waals surface area contributed by atoms with E-state index in [0.29, 0.717) is 5.69 Å². The van der Waals surface area contributed by atoms with Gasteiger partial charge in [0.2, 0.25) is 0 Å². The molecular formula is C10H8N4O3. The van der Waals surface area contributed by atoms with Gasteiger partial charge in [-0.1, -0.05) is 28.2 Å². The first-order valence-corrected chi connectivity index (χ1v) is 4.69. The monoisotopic (exact) mass is 232 g/mol. The second kappa shape index (κ2) is 4.44. The zero-order chi connectivity index (χ0) is 12.3. The minimum atomic E-state index is -0.975. The first-order valence-electron chi connectivity index (χ1n) is 4.69. The van der Waals surface area contributed by atoms with Crippen molar-refractivity contribution in [1.82, 2.24) is 9.41 Å². The zero-order valence-corrected chi connectivity index (χ0v) is 8.59. The van der Waals surface area contributed by atoms with Gasteiger partial charge in [0.15, 0.2) is 0 Å². The summed E-state index contributed by atoms with van der Waals surface area (Å²) in [5.41, 5.74) is -1.24. The molecule has 0 radical (unpaired) electrons. The summed E-state index contributed by atoms with van der Waals surface area (Å²) < 4.78 is 0.721. The zero-order valence-electron chi connectivity index (χ0n) is 8.59. The van der Waals surface area contributed by atoms with Gasteiger partial charge in [-0.3, -0.25) is 4.79 Å². The molecule has 0 unspecified atom stereocenters. The quantitative estimate of drug-likeness (QED) is 0.613. The van der Waals surface area contributed by atoms with Gasteiger partial charge in [0.25, 0.3) is 5.56 Å². The Labute approximate surface area is 94.8 Å². The number of benzene rings is 1. The minimum absolute atomic E-state index is 0.0377. The van der Waals surface area contributed by atoms with E-state index >= 15 is 0 Å². The first-order chi connectivity index (χ1) is 8.18. The number of nitrogens with zero attached hydrogens (tertiary/aromatic N) is 4. The molecule has 17 heavy (non-hydrogen) atoms. The molecule has 0 aliphatic rings. The second-order valence-electron chi connectivity index (χ2n) is 3.12. The lowest BCUT2D eigenvalue weighted by atomic mass is 10.3. The van der Waals surface area contributed by atoms with Crippen molar-refractivity contribution in [3.63, 3.8) is 0 Å². The molecular weight excluding hydrogens is 224 g/mol. The Morgan fingerprint density at radius 1 is 1.06 bits per heavy atom. The highest BCUT2D eigenvalue weighted by Gasteiger charge is 2.01. The molecule has 0 bridgehead atoms. The van der Waals surface area contributed by atoms with Crippen molar-refractivity contribution in [1.29, 1.82) is 0 Å². The smallest absolute Gasteiger partial charge is 0.386 e. The predicted molar refractivity (Wildman–Crippen MR) is 58.5 cm³/mol. The molecule has 1 heterocycles. The van der Waals surface area contributed by atoms with Crippen LogP contribution in [0.15, 0.2) is 62.5 Å². The van der Waals surface area contributed by atoms with Gasteiger partial charge in [-0.2, -0.15) is 4.68 Å². The standard InChI is InChI=1S/C10H8N4O3/c15-9-6-7-13(10(16)14(9)17)12-11-8-4-2-1-3-5-8/h1-7,17H. The number of hydrogen-bond donors (Lipinski definition) is 1. The van der Waals surface area contributed by atoms with Gasteiger partial charge in [0.05, 0.1) is 5.69 Å². The van der Waals surface area contributed by atoms with Crippen LogP contribution in [0.2, 0.25) is 0 Å². The van der Waals surface area contributed by atoms with Crippen molar-refractivity contribution in [2.24, 2.45) is 10.3 Å². The van der Waals surface area contributed by atoms with Crippen molar-refractivity contribution in [2.75, 3.05) is 0 Å². The third kappa shape index (κ3) is 2.28. The normalized spacial score (nSPS) is 10.8. The summed E-state index contributed by atoms with van der Waals surface area (Å²) in [5, 5.41) is 16.4. The van der Waals surface area contributed by atoms with Gasteiger partial charge >= 0.3 is 5.69 Å². The highest BCUT2D eigenvalue weighted by Crippen LogP contribution is 2.09. The van der Waals surface area contributed by atoms with Crippen LogP contribution in [0, 0.1) is 0 Å². The van der Waals surface area contributed by atoms with Crippen molar-refractivity contribution >= 4 is 5.69 Å². The van der Waals surface area contributed by atoms with E-state index in [9.17, 15) is 9.59 Å². The third-order valence-corrected chi connectivity index (χ3v) is 1.96. The molecule has 0 aliphatic carbocycles. The summed E-state index contributed by atoms with van der Waals surface area (Å²) in [6.45, 7) is 0. The fourth-order valence-corrected chi connectivity index (χ4v) is 1.12. The van der Waals surface area contributed by atoms with Crippen LogP contribution in [0.25, 0.3) is 0 Å². The maximum atomic E-state index is 11.3. The molecule has 86 valence electrons. The van der Waals surface area contributed by atoms with E-state index in [-0.39, 0.29) is 4.73 Å². The summed E-state index contributed by atoms with van der Waals surface area (Å²) in [6, 6.07) is 9.76. The SMILES string of the molecule is O=c1ccn(N=Nc2ccccc2)c(=O)n1O. The molecule has 0 saturated heterocycles. The largest absolute Gasteiger partial charge is 0.421 e. The Morgan fingerprint density at radius 2 is 1.76 bits per heavy atom. The van der Waals surface area contributed by atoms with Crippen molar-refractivity contribution in [3.05, 3.63) is 63.4 Å². The van der Waals surface area contributed by atoms with E-state index in [4.69, 9.17) is 5.21 Å². The topological polar surface area (TPSA) is 89.0 Å². The van der Waals surface area contributed by atoms with Crippen molar-refractivity contribution in [2.45, 2.75) is 0 Å². The van der Waals surface area contributed by atoms with E-state index in [2.05, 4.69) is 10.3 Å². The Hall–Kier alpha value is -2.70. The van der Waals surface area contributed by atoms with Crippen LogP contribution in [0.4, 0.5) is 5.69 Å².